The number of nitrogens with one attached hydrogen (secondary N) is 2. The van der Waals surface area contributed by atoms with Gasteiger partial charge in [-0.2, -0.15) is 0 Å². The van der Waals surface area contributed by atoms with Gasteiger partial charge in [0.2, 0.25) is 5.91 Å². The molecule has 11 heteroatoms. The molecule has 0 aromatic carbocycles. The Kier molecular flexibility index (Phi) is 6.07. The summed E-state index contributed by atoms with van der Waals surface area (Å²) < 4.78 is 0. The van der Waals surface area contributed by atoms with E-state index in [2.05, 4.69) is 10.6 Å². The number of urea groups is 2. The van der Waals surface area contributed by atoms with Crippen LogP contribution in [0.2, 0.25) is 0 Å². The number of rotatable bonds is 5. The fourth-order valence-electron chi connectivity index (χ4n) is 6.14. The van der Waals surface area contributed by atoms with E-state index in [9.17, 15) is 24.0 Å². The molecule has 4 aliphatic rings. The quantitative estimate of drug-likeness (QED) is 0.398. The SMILES string of the molecule is CCCCN1C(=O)/C(=C(/N)NC)C(=O)N(C2CCC3(CC2)CC2(CC(=O)N(C)C(=O)N2)C3)C1=O. The molecule has 4 fully saturated rings. The number of hydrogen-bond donors (Lipinski definition) is 3. The predicted molar refractivity (Wildman–Crippen MR) is 122 cm³/mol. The van der Waals surface area contributed by atoms with Crippen LogP contribution in [0.1, 0.15) is 64.7 Å². The number of hydrogen-bond acceptors (Lipinski definition) is 7. The van der Waals surface area contributed by atoms with Crippen molar-refractivity contribution < 1.29 is 24.0 Å². The van der Waals surface area contributed by atoms with Gasteiger partial charge in [0, 0.05) is 26.7 Å². The number of amides is 7. The van der Waals surface area contributed by atoms with Crippen LogP contribution in [0.25, 0.3) is 0 Å². The number of carbonyl (C=O) groups is 5. The first-order valence-corrected chi connectivity index (χ1v) is 12.0. The monoisotopic (exact) mass is 474 g/mol. The first-order valence-electron chi connectivity index (χ1n) is 12.0. The van der Waals surface area contributed by atoms with Gasteiger partial charge in [0.05, 0.1) is 12.0 Å². The summed E-state index contributed by atoms with van der Waals surface area (Å²) >= 11 is 0. The summed E-state index contributed by atoms with van der Waals surface area (Å²) in [5, 5.41) is 5.67. The lowest BCUT2D eigenvalue weighted by molar-refractivity contribution is -0.142. The average molecular weight is 475 g/mol. The second kappa shape index (κ2) is 8.59. The molecular formula is C23H34N6O5. The van der Waals surface area contributed by atoms with Gasteiger partial charge in [-0.25, -0.2) is 9.59 Å². The summed E-state index contributed by atoms with van der Waals surface area (Å²) in [5.41, 5.74) is 5.26. The van der Waals surface area contributed by atoms with Gasteiger partial charge in [-0.05, 0) is 50.4 Å². The molecular weight excluding hydrogens is 440 g/mol. The molecule has 186 valence electrons. The molecule has 0 unspecified atom stereocenters. The van der Waals surface area contributed by atoms with Gasteiger partial charge in [-0.3, -0.25) is 29.1 Å². The number of nitrogens with zero attached hydrogens (tertiary/aromatic N) is 3. The third-order valence-electron chi connectivity index (χ3n) is 7.95. The summed E-state index contributed by atoms with van der Waals surface area (Å²) in [6.07, 6.45) is 5.96. The van der Waals surface area contributed by atoms with Gasteiger partial charge in [0.15, 0.2) is 0 Å². The van der Waals surface area contributed by atoms with Gasteiger partial charge >= 0.3 is 12.1 Å². The van der Waals surface area contributed by atoms with Crippen LogP contribution in [0.4, 0.5) is 9.59 Å². The smallest absolute Gasteiger partial charge is 0.334 e. The minimum absolute atomic E-state index is 0.0117. The van der Waals surface area contributed by atoms with E-state index in [1.165, 1.54) is 19.0 Å². The zero-order valence-corrected chi connectivity index (χ0v) is 20.1. The Bertz CT molecular complexity index is 939. The molecule has 0 aromatic rings. The van der Waals surface area contributed by atoms with Crippen LogP contribution in [0.5, 0.6) is 0 Å². The highest BCUT2D eigenvalue weighted by atomic mass is 16.2. The van der Waals surface area contributed by atoms with Crippen molar-refractivity contribution in [3.63, 3.8) is 0 Å². The van der Waals surface area contributed by atoms with E-state index >= 15 is 0 Å². The van der Waals surface area contributed by atoms with Crippen LogP contribution in [-0.4, -0.2) is 76.7 Å². The van der Waals surface area contributed by atoms with Gasteiger partial charge < -0.3 is 16.4 Å². The van der Waals surface area contributed by atoms with Gasteiger partial charge in [0.1, 0.15) is 11.4 Å². The summed E-state index contributed by atoms with van der Waals surface area (Å²) in [4.78, 5) is 67.2. The zero-order chi connectivity index (χ0) is 24.8. The maximum Gasteiger partial charge on any atom is 0.334 e. The lowest BCUT2D eigenvalue weighted by atomic mass is 9.50. The van der Waals surface area contributed by atoms with Crippen LogP contribution in [0, 0.1) is 5.41 Å². The Morgan fingerprint density at radius 1 is 1.12 bits per heavy atom. The van der Waals surface area contributed by atoms with Crippen molar-refractivity contribution in [2.75, 3.05) is 20.6 Å². The number of barbiturate groups is 1. The fourth-order valence-corrected chi connectivity index (χ4v) is 6.14. The van der Waals surface area contributed by atoms with Crippen LogP contribution < -0.4 is 16.4 Å². The third kappa shape index (κ3) is 3.80. The van der Waals surface area contributed by atoms with E-state index in [0.29, 0.717) is 25.7 Å². The topological polar surface area (TPSA) is 145 Å². The molecule has 34 heavy (non-hydrogen) atoms. The first-order chi connectivity index (χ1) is 16.1. The molecule has 0 atom stereocenters. The molecule has 0 radical (unpaired) electrons. The first kappa shape index (κ1) is 24.0. The van der Waals surface area contributed by atoms with E-state index in [1.54, 1.807) is 0 Å². The molecule has 2 spiro atoms. The molecule has 0 aromatic heterocycles. The lowest BCUT2D eigenvalue weighted by Gasteiger charge is -2.60. The van der Waals surface area contributed by atoms with E-state index in [4.69, 9.17) is 5.73 Å². The molecule has 0 bridgehead atoms. The Balaban J connectivity index is 1.47. The van der Waals surface area contributed by atoms with Crippen LogP contribution in [0.15, 0.2) is 11.4 Å². The molecule has 4 N–H and O–H groups in total. The summed E-state index contributed by atoms with van der Waals surface area (Å²) in [6, 6.07) is -1.26. The van der Waals surface area contributed by atoms with Gasteiger partial charge in [-0.15, -0.1) is 0 Å². The zero-order valence-electron chi connectivity index (χ0n) is 20.1. The number of unbranched alkanes of at least 4 members (excludes halogenated alkanes) is 1. The van der Waals surface area contributed by atoms with Crippen LogP contribution in [0.3, 0.4) is 0 Å². The standard InChI is InChI=1S/C23H34N6O5/c1-4-5-10-28-18(31)16(17(24)25-2)19(32)29(21(28)34)14-6-8-22(9-7-14)12-23(13-22)11-15(30)27(3)20(33)26-23/h14,25H,4-13,24H2,1-3H3,(H,26,33)/b17-16+. The van der Waals surface area contributed by atoms with Crippen LogP contribution >= 0.6 is 0 Å². The summed E-state index contributed by atoms with van der Waals surface area (Å²) in [6.45, 7) is 2.20. The molecule has 2 saturated heterocycles. The largest absolute Gasteiger partial charge is 0.385 e. The molecule has 4 rings (SSSR count). The molecule has 2 aliphatic carbocycles. The highest BCUT2D eigenvalue weighted by Gasteiger charge is 2.59. The Morgan fingerprint density at radius 3 is 2.32 bits per heavy atom. The van der Waals surface area contributed by atoms with Crippen LogP contribution in [-0.2, 0) is 14.4 Å². The maximum atomic E-state index is 13.2. The molecule has 2 heterocycles. The maximum absolute atomic E-state index is 13.2. The van der Waals surface area contributed by atoms with Crippen molar-refractivity contribution in [1.29, 1.82) is 0 Å². The third-order valence-corrected chi connectivity index (χ3v) is 7.95. The number of carbonyl (C=O) groups excluding carboxylic acids is 5. The van der Waals surface area contributed by atoms with Crippen molar-refractivity contribution in [3.8, 4) is 0 Å². The average Bonchev–Trinajstić information content (AvgIpc) is 2.77. The Morgan fingerprint density at radius 2 is 1.76 bits per heavy atom. The minimum Gasteiger partial charge on any atom is -0.385 e. The highest BCUT2D eigenvalue weighted by molar-refractivity contribution is 6.29. The molecule has 7 amide bonds. The molecule has 2 aliphatic heterocycles. The van der Waals surface area contributed by atoms with Gasteiger partial charge in [0.25, 0.3) is 11.8 Å². The van der Waals surface area contributed by atoms with Crippen molar-refractivity contribution in [1.82, 2.24) is 25.3 Å². The Hall–Kier alpha value is -3.11. The van der Waals surface area contributed by atoms with Gasteiger partial charge in [-0.1, -0.05) is 13.3 Å². The minimum atomic E-state index is -0.651. The van der Waals surface area contributed by atoms with Crippen molar-refractivity contribution in [2.24, 2.45) is 11.1 Å². The van der Waals surface area contributed by atoms with Crippen molar-refractivity contribution >= 4 is 29.8 Å². The Labute approximate surface area is 199 Å². The van der Waals surface area contributed by atoms with E-state index in [-0.39, 0.29) is 41.3 Å². The number of imide groups is 3. The second-order valence-electron chi connectivity index (χ2n) is 10.2. The highest BCUT2D eigenvalue weighted by Crippen LogP contribution is 2.59. The molecule has 11 nitrogen and oxygen atoms in total. The van der Waals surface area contributed by atoms with Crippen molar-refractivity contribution in [2.45, 2.75) is 76.3 Å². The normalized spacial score (nSPS) is 33.4. The fraction of sp³-hybridized carbons (Fsp3) is 0.696. The number of nitrogens with two attached hydrogens (primary N) is 1. The molecule has 2 saturated carbocycles. The van der Waals surface area contributed by atoms with E-state index in [1.807, 2.05) is 6.92 Å². The van der Waals surface area contributed by atoms with E-state index in [0.717, 1.165) is 41.9 Å². The second-order valence-corrected chi connectivity index (χ2v) is 10.2. The summed E-state index contributed by atoms with van der Waals surface area (Å²) in [7, 11) is 3.01. The van der Waals surface area contributed by atoms with Crippen molar-refractivity contribution in [3.05, 3.63) is 11.4 Å². The lowest BCUT2D eigenvalue weighted by Crippen LogP contribution is -2.69. The van der Waals surface area contributed by atoms with E-state index < -0.39 is 23.4 Å². The predicted octanol–water partition coefficient (Wildman–Crippen LogP) is 1.00. The summed E-state index contributed by atoms with van der Waals surface area (Å²) in [5.74, 6) is -1.50.